The van der Waals surface area contributed by atoms with Crippen LogP contribution in [0.1, 0.15) is 24.0 Å². The molecule has 1 aromatic rings. The minimum absolute atomic E-state index is 0.242. The van der Waals surface area contributed by atoms with E-state index in [0.29, 0.717) is 0 Å². The van der Waals surface area contributed by atoms with Crippen LogP contribution in [0.4, 0.5) is 0 Å². The molecule has 0 bridgehead atoms. The lowest BCUT2D eigenvalue weighted by atomic mass is 9.96. The zero-order chi connectivity index (χ0) is 11.6. The molecule has 1 saturated carbocycles. The average molecular weight is 215 g/mol. The van der Waals surface area contributed by atoms with E-state index in [-0.39, 0.29) is 17.8 Å². The van der Waals surface area contributed by atoms with E-state index in [9.17, 15) is 4.79 Å². The second-order valence-corrected chi connectivity index (χ2v) is 4.14. The molecule has 1 aliphatic carbocycles. The van der Waals surface area contributed by atoms with Gasteiger partial charge in [0, 0.05) is 0 Å². The lowest BCUT2D eigenvalue weighted by molar-refractivity contribution is -0.139. The maximum Gasteiger partial charge on any atom is 0.309 e. The minimum Gasteiger partial charge on any atom is -0.469 e. The van der Waals surface area contributed by atoms with Crippen molar-refractivity contribution in [3.63, 3.8) is 0 Å². The zero-order valence-electron chi connectivity index (χ0n) is 9.19. The molecular formula is C13H13NO2. The molecular weight excluding hydrogens is 202 g/mol. The number of methoxy groups -OCH3 is 1. The molecule has 0 aromatic heterocycles. The number of carbonyl (C=O) groups excluding carboxylic acids is 1. The first kappa shape index (κ1) is 10.7. The molecule has 1 aromatic carbocycles. The van der Waals surface area contributed by atoms with Crippen molar-refractivity contribution in [1.29, 1.82) is 5.26 Å². The van der Waals surface area contributed by atoms with Gasteiger partial charge < -0.3 is 4.74 Å². The standard InChI is InChI=1S/C13H13NO2/c1-16-12(15)8-10-2-4-11(5-3-10)13(9-14)6-7-13/h2-5H,6-8H2,1H3. The van der Waals surface area contributed by atoms with Gasteiger partial charge in [0.15, 0.2) is 0 Å². The Morgan fingerprint density at radius 1 is 1.44 bits per heavy atom. The van der Waals surface area contributed by atoms with Gasteiger partial charge >= 0.3 is 5.97 Å². The van der Waals surface area contributed by atoms with Gasteiger partial charge in [-0.2, -0.15) is 5.26 Å². The van der Waals surface area contributed by atoms with Crippen molar-refractivity contribution in [3.05, 3.63) is 35.4 Å². The van der Waals surface area contributed by atoms with Gasteiger partial charge in [-0.3, -0.25) is 4.79 Å². The molecule has 1 aliphatic rings. The van der Waals surface area contributed by atoms with Crippen molar-refractivity contribution >= 4 is 5.97 Å². The van der Waals surface area contributed by atoms with Crippen molar-refractivity contribution in [3.8, 4) is 6.07 Å². The number of carbonyl (C=O) groups is 1. The van der Waals surface area contributed by atoms with Crippen LogP contribution in [0.2, 0.25) is 0 Å². The summed E-state index contributed by atoms with van der Waals surface area (Å²) >= 11 is 0. The van der Waals surface area contributed by atoms with Crippen molar-refractivity contribution < 1.29 is 9.53 Å². The summed E-state index contributed by atoms with van der Waals surface area (Å²) in [6, 6.07) is 10.0. The summed E-state index contributed by atoms with van der Waals surface area (Å²) in [5, 5.41) is 9.04. The second kappa shape index (κ2) is 3.97. The van der Waals surface area contributed by atoms with Crippen LogP contribution in [0.25, 0.3) is 0 Å². The lowest BCUT2D eigenvalue weighted by Crippen LogP contribution is -2.06. The highest BCUT2D eigenvalue weighted by molar-refractivity contribution is 5.72. The van der Waals surface area contributed by atoms with E-state index in [1.54, 1.807) is 0 Å². The summed E-state index contributed by atoms with van der Waals surface area (Å²) in [7, 11) is 1.38. The molecule has 2 rings (SSSR count). The fraction of sp³-hybridized carbons (Fsp3) is 0.385. The quantitative estimate of drug-likeness (QED) is 0.724. The summed E-state index contributed by atoms with van der Waals surface area (Å²) in [5.74, 6) is -0.242. The normalized spacial score (nSPS) is 16.2. The number of ether oxygens (including phenoxy) is 1. The molecule has 1 fully saturated rings. The Kier molecular flexibility index (Phi) is 2.66. The number of esters is 1. The Hall–Kier alpha value is -1.82. The highest BCUT2D eigenvalue weighted by atomic mass is 16.5. The summed E-state index contributed by atoms with van der Waals surface area (Å²) < 4.78 is 4.59. The second-order valence-electron chi connectivity index (χ2n) is 4.14. The van der Waals surface area contributed by atoms with Crippen LogP contribution in [0, 0.1) is 11.3 Å². The van der Waals surface area contributed by atoms with Crippen LogP contribution >= 0.6 is 0 Å². The van der Waals surface area contributed by atoms with Crippen LogP contribution in [-0.2, 0) is 21.4 Å². The van der Waals surface area contributed by atoms with Crippen molar-refractivity contribution in [2.45, 2.75) is 24.7 Å². The third-order valence-corrected chi connectivity index (χ3v) is 3.05. The number of rotatable bonds is 3. The first-order valence-corrected chi connectivity index (χ1v) is 5.28. The van der Waals surface area contributed by atoms with Crippen molar-refractivity contribution in [2.75, 3.05) is 7.11 Å². The van der Waals surface area contributed by atoms with Crippen LogP contribution in [-0.4, -0.2) is 13.1 Å². The number of benzene rings is 1. The fourth-order valence-electron chi connectivity index (χ4n) is 1.77. The molecule has 0 atom stereocenters. The SMILES string of the molecule is COC(=O)Cc1ccc(C2(C#N)CC2)cc1. The topological polar surface area (TPSA) is 50.1 Å². The van der Waals surface area contributed by atoms with Crippen LogP contribution in [0.5, 0.6) is 0 Å². The number of nitriles is 1. The molecule has 0 radical (unpaired) electrons. The first-order valence-electron chi connectivity index (χ1n) is 5.28. The zero-order valence-corrected chi connectivity index (χ0v) is 9.19. The molecule has 0 unspecified atom stereocenters. The maximum atomic E-state index is 11.1. The Balaban J connectivity index is 2.12. The van der Waals surface area contributed by atoms with Gasteiger partial charge in [0.25, 0.3) is 0 Å². The summed E-state index contributed by atoms with van der Waals surface area (Å²) in [5.41, 5.74) is 1.73. The smallest absolute Gasteiger partial charge is 0.309 e. The number of hydrogen-bond acceptors (Lipinski definition) is 3. The molecule has 3 nitrogen and oxygen atoms in total. The van der Waals surface area contributed by atoms with Gasteiger partial charge in [0.05, 0.1) is 25.0 Å². The summed E-state index contributed by atoms with van der Waals surface area (Å²) in [4.78, 5) is 11.1. The highest BCUT2D eigenvalue weighted by Crippen LogP contribution is 2.47. The predicted molar refractivity (Wildman–Crippen MR) is 58.7 cm³/mol. The van der Waals surface area contributed by atoms with Gasteiger partial charge in [-0.15, -0.1) is 0 Å². The molecule has 0 heterocycles. The van der Waals surface area contributed by atoms with Crippen molar-refractivity contribution in [1.82, 2.24) is 0 Å². The third-order valence-electron chi connectivity index (χ3n) is 3.05. The fourth-order valence-corrected chi connectivity index (χ4v) is 1.77. The molecule has 16 heavy (non-hydrogen) atoms. The van der Waals surface area contributed by atoms with Gasteiger partial charge in [0.2, 0.25) is 0 Å². The number of hydrogen-bond donors (Lipinski definition) is 0. The van der Waals surface area contributed by atoms with E-state index in [1.807, 2.05) is 24.3 Å². The summed E-state index contributed by atoms with van der Waals surface area (Å²) in [6.07, 6.45) is 2.18. The molecule has 0 spiro atoms. The van der Waals surface area contributed by atoms with Gasteiger partial charge in [0.1, 0.15) is 0 Å². The Morgan fingerprint density at radius 2 is 2.06 bits per heavy atom. The average Bonchev–Trinajstić information content (AvgIpc) is 3.11. The van der Waals surface area contributed by atoms with E-state index < -0.39 is 0 Å². The van der Waals surface area contributed by atoms with Crippen LogP contribution in [0.3, 0.4) is 0 Å². The minimum atomic E-state index is -0.246. The van der Waals surface area contributed by atoms with E-state index in [2.05, 4.69) is 10.8 Å². The lowest BCUT2D eigenvalue weighted by Gasteiger charge is -2.06. The van der Waals surface area contributed by atoms with Crippen molar-refractivity contribution in [2.24, 2.45) is 0 Å². The highest BCUT2D eigenvalue weighted by Gasteiger charge is 2.44. The molecule has 82 valence electrons. The molecule has 0 N–H and O–H groups in total. The molecule has 0 amide bonds. The Morgan fingerprint density at radius 3 is 2.50 bits per heavy atom. The van der Waals surface area contributed by atoms with E-state index in [4.69, 9.17) is 5.26 Å². The molecule has 0 saturated heterocycles. The Labute approximate surface area is 94.6 Å². The van der Waals surface area contributed by atoms with Gasteiger partial charge in [-0.05, 0) is 24.0 Å². The van der Waals surface area contributed by atoms with Crippen LogP contribution in [0.15, 0.2) is 24.3 Å². The predicted octanol–water partition coefficient (Wildman–Crippen LogP) is 1.96. The van der Waals surface area contributed by atoms with E-state index >= 15 is 0 Å². The Bertz CT molecular complexity index is 438. The summed E-state index contributed by atoms with van der Waals surface area (Å²) in [6.45, 7) is 0. The molecule has 0 aliphatic heterocycles. The maximum absolute atomic E-state index is 11.1. The number of nitrogens with zero attached hydrogens (tertiary/aromatic N) is 1. The van der Waals surface area contributed by atoms with Crippen LogP contribution < -0.4 is 0 Å². The first-order chi connectivity index (χ1) is 7.70. The van der Waals surface area contributed by atoms with Gasteiger partial charge in [-0.1, -0.05) is 24.3 Å². The van der Waals surface area contributed by atoms with E-state index in [1.165, 1.54) is 7.11 Å². The largest absolute Gasteiger partial charge is 0.469 e. The molecule has 3 heteroatoms. The van der Waals surface area contributed by atoms with Gasteiger partial charge in [-0.25, -0.2) is 0 Å². The van der Waals surface area contributed by atoms with E-state index in [0.717, 1.165) is 24.0 Å². The monoisotopic (exact) mass is 215 g/mol. The third kappa shape index (κ3) is 1.92.